The molecule has 0 aliphatic rings. The number of benzene rings is 1. The van der Waals surface area contributed by atoms with Crippen molar-refractivity contribution in [1.29, 1.82) is 0 Å². The fraction of sp³-hybridized carbons (Fsp3) is 0.636. The Kier molecular flexibility index (Phi) is 12.1. The predicted octanol–water partition coefficient (Wildman–Crippen LogP) is 5.75. The third-order valence-corrected chi connectivity index (χ3v) is 5.33. The maximum Gasteiger partial charge on any atom is 0.303 e. The number of thiol groups is 1. The molecule has 0 saturated carbocycles. The zero-order valence-electron chi connectivity index (χ0n) is 16.5. The van der Waals surface area contributed by atoms with Gasteiger partial charge in [0.05, 0.1) is 0 Å². The van der Waals surface area contributed by atoms with Crippen LogP contribution in [0.15, 0.2) is 30.3 Å². The summed E-state index contributed by atoms with van der Waals surface area (Å²) in [6, 6.07) is 9.62. The number of carbonyl (C=O) groups excluding carboxylic acids is 1. The SMILES string of the molecule is CCC(OCCCCCCCCCCCC(=O)O)(C(=O)S)c1ccccc1. The standard InChI is InChI=1S/C22H34O4S/c1-2-22(21(25)27,19-15-11-10-12-16-19)26-18-14-9-7-5-3-4-6-8-13-17-20(23)24/h10-12,15-16H,2-9,13-14,17-18H2,1H3,(H,23,24)(H,25,27). The van der Waals surface area contributed by atoms with E-state index in [1.807, 2.05) is 37.3 Å². The lowest BCUT2D eigenvalue weighted by molar-refractivity contribution is -0.138. The molecule has 0 aromatic heterocycles. The molecule has 1 aromatic rings. The van der Waals surface area contributed by atoms with Crippen LogP contribution in [0.25, 0.3) is 0 Å². The van der Waals surface area contributed by atoms with Gasteiger partial charge in [0.15, 0.2) is 5.60 Å². The molecular formula is C22H34O4S. The molecule has 5 heteroatoms. The van der Waals surface area contributed by atoms with Crippen molar-refractivity contribution in [2.24, 2.45) is 0 Å². The first-order valence-electron chi connectivity index (χ1n) is 10.2. The zero-order valence-corrected chi connectivity index (χ0v) is 17.4. The smallest absolute Gasteiger partial charge is 0.303 e. The largest absolute Gasteiger partial charge is 0.481 e. The molecule has 1 atom stereocenters. The molecule has 0 amide bonds. The fourth-order valence-electron chi connectivity index (χ4n) is 3.30. The van der Waals surface area contributed by atoms with E-state index >= 15 is 0 Å². The van der Waals surface area contributed by atoms with Crippen molar-refractivity contribution >= 4 is 23.7 Å². The van der Waals surface area contributed by atoms with E-state index in [-0.39, 0.29) is 11.5 Å². The molecule has 1 aromatic carbocycles. The summed E-state index contributed by atoms with van der Waals surface area (Å²) in [6.45, 7) is 2.52. The second-order valence-electron chi connectivity index (χ2n) is 7.03. The van der Waals surface area contributed by atoms with Gasteiger partial charge in [-0.05, 0) is 24.8 Å². The molecule has 0 aliphatic carbocycles. The Morgan fingerprint density at radius 2 is 1.44 bits per heavy atom. The van der Waals surface area contributed by atoms with Crippen molar-refractivity contribution in [2.45, 2.75) is 83.2 Å². The van der Waals surface area contributed by atoms with Gasteiger partial charge in [0.1, 0.15) is 0 Å². The summed E-state index contributed by atoms with van der Waals surface area (Å²) in [5.74, 6) is -0.698. The summed E-state index contributed by atoms with van der Waals surface area (Å²) >= 11 is 4.09. The van der Waals surface area contributed by atoms with Crippen LogP contribution < -0.4 is 0 Å². The van der Waals surface area contributed by atoms with Crippen molar-refractivity contribution in [3.8, 4) is 0 Å². The van der Waals surface area contributed by atoms with Crippen LogP contribution in [-0.2, 0) is 19.9 Å². The van der Waals surface area contributed by atoms with Gasteiger partial charge in [-0.15, -0.1) is 12.6 Å². The highest BCUT2D eigenvalue weighted by molar-refractivity contribution is 7.96. The number of carboxylic acids is 1. The summed E-state index contributed by atoms with van der Waals surface area (Å²) in [5.41, 5.74) is -0.0734. The van der Waals surface area contributed by atoms with E-state index in [9.17, 15) is 9.59 Å². The number of ether oxygens (including phenoxy) is 1. The van der Waals surface area contributed by atoms with E-state index in [1.165, 1.54) is 19.3 Å². The molecule has 27 heavy (non-hydrogen) atoms. The second-order valence-corrected chi connectivity index (χ2v) is 7.43. The predicted molar refractivity (Wildman–Crippen MR) is 112 cm³/mol. The highest BCUT2D eigenvalue weighted by Crippen LogP contribution is 2.32. The molecule has 0 spiro atoms. The van der Waals surface area contributed by atoms with Gasteiger partial charge in [-0.25, -0.2) is 0 Å². The molecule has 1 unspecified atom stereocenters. The molecule has 0 saturated heterocycles. The summed E-state index contributed by atoms with van der Waals surface area (Å²) in [5, 5.41) is 8.35. The van der Waals surface area contributed by atoms with Gasteiger partial charge in [0.2, 0.25) is 5.12 Å². The van der Waals surface area contributed by atoms with Gasteiger partial charge >= 0.3 is 5.97 Å². The average Bonchev–Trinajstić information content (AvgIpc) is 2.66. The van der Waals surface area contributed by atoms with E-state index in [4.69, 9.17) is 9.84 Å². The van der Waals surface area contributed by atoms with Gasteiger partial charge in [-0.2, -0.15) is 0 Å². The fourth-order valence-corrected chi connectivity index (χ4v) is 3.65. The topological polar surface area (TPSA) is 63.6 Å². The highest BCUT2D eigenvalue weighted by Gasteiger charge is 2.37. The number of carboxylic acid groups (broad SMARTS) is 1. The third kappa shape index (κ3) is 8.93. The average molecular weight is 395 g/mol. The minimum Gasteiger partial charge on any atom is -0.481 e. The van der Waals surface area contributed by atoms with Crippen LogP contribution in [0.4, 0.5) is 0 Å². The van der Waals surface area contributed by atoms with Crippen molar-refractivity contribution in [3.05, 3.63) is 35.9 Å². The highest BCUT2D eigenvalue weighted by atomic mass is 32.1. The Labute approximate surface area is 169 Å². The molecule has 0 heterocycles. The Balaban J connectivity index is 2.17. The number of hydrogen-bond acceptors (Lipinski definition) is 3. The van der Waals surface area contributed by atoms with Crippen molar-refractivity contribution in [2.75, 3.05) is 6.61 Å². The lowest BCUT2D eigenvalue weighted by Crippen LogP contribution is -2.36. The molecule has 0 fully saturated rings. The number of unbranched alkanes of at least 4 members (excludes halogenated alkanes) is 8. The quantitative estimate of drug-likeness (QED) is 0.277. The van der Waals surface area contributed by atoms with Crippen LogP contribution in [0.3, 0.4) is 0 Å². The summed E-state index contributed by atoms with van der Waals surface area (Å²) in [4.78, 5) is 22.6. The van der Waals surface area contributed by atoms with Gasteiger partial charge in [0, 0.05) is 13.0 Å². The van der Waals surface area contributed by atoms with Crippen LogP contribution in [0.1, 0.15) is 83.1 Å². The van der Waals surface area contributed by atoms with Crippen LogP contribution in [0.5, 0.6) is 0 Å². The molecule has 1 rings (SSSR count). The maximum absolute atomic E-state index is 12.2. The Morgan fingerprint density at radius 3 is 1.93 bits per heavy atom. The molecule has 4 nitrogen and oxygen atoms in total. The minimum absolute atomic E-state index is 0.237. The van der Waals surface area contributed by atoms with Gasteiger partial charge in [-0.3, -0.25) is 9.59 Å². The molecule has 152 valence electrons. The first-order chi connectivity index (χ1) is 13.0. The van der Waals surface area contributed by atoms with Crippen molar-refractivity contribution in [1.82, 2.24) is 0 Å². The monoisotopic (exact) mass is 394 g/mol. The van der Waals surface area contributed by atoms with Gasteiger partial charge in [0.25, 0.3) is 0 Å². The van der Waals surface area contributed by atoms with E-state index in [0.717, 1.165) is 44.1 Å². The number of aliphatic carboxylic acids is 1. The first kappa shape index (κ1) is 23.7. The van der Waals surface area contributed by atoms with Gasteiger partial charge < -0.3 is 9.84 Å². The number of hydrogen-bond donors (Lipinski definition) is 2. The van der Waals surface area contributed by atoms with Crippen LogP contribution in [0, 0.1) is 0 Å². The number of rotatable bonds is 16. The lowest BCUT2D eigenvalue weighted by Gasteiger charge is -2.30. The first-order valence-corrected chi connectivity index (χ1v) is 10.6. The Bertz CT molecular complexity index is 547. The number of carbonyl (C=O) groups is 2. The van der Waals surface area contributed by atoms with E-state index < -0.39 is 11.6 Å². The van der Waals surface area contributed by atoms with E-state index in [0.29, 0.717) is 13.0 Å². The normalized spacial score (nSPS) is 13.3. The summed E-state index contributed by atoms with van der Waals surface area (Å²) in [7, 11) is 0. The maximum atomic E-state index is 12.2. The van der Waals surface area contributed by atoms with E-state index in [1.54, 1.807) is 0 Å². The third-order valence-electron chi connectivity index (χ3n) is 4.97. The molecule has 0 bridgehead atoms. The Hall–Kier alpha value is -1.33. The summed E-state index contributed by atoms with van der Waals surface area (Å²) < 4.78 is 6.04. The van der Waals surface area contributed by atoms with Crippen LogP contribution >= 0.6 is 12.6 Å². The summed E-state index contributed by atoms with van der Waals surface area (Å²) in [6.07, 6.45) is 10.5. The second kappa shape index (κ2) is 13.8. The molecule has 0 aliphatic heterocycles. The van der Waals surface area contributed by atoms with Crippen LogP contribution in [0.2, 0.25) is 0 Å². The minimum atomic E-state index is -0.944. The van der Waals surface area contributed by atoms with Crippen molar-refractivity contribution < 1.29 is 19.4 Å². The Morgan fingerprint density at radius 1 is 0.926 bits per heavy atom. The lowest BCUT2D eigenvalue weighted by atomic mass is 9.92. The molecule has 0 radical (unpaired) electrons. The van der Waals surface area contributed by atoms with E-state index in [2.05, 4.69) is 12.6 Å². The van der Waals surface area contributed by atoms with Crippen LogP contribution in [-0.4, -0.2) is 22.8 Å². The van der Waals surface area contributed by atoms with Crippen molar-refractivity contribution in [3.63, 3.8) is 0 Å². The molecule has 1 N–H and O–H groups in total. The van der Waals surface area contributed by atoms with Gasteiger partial charge in [-0.1, -0.05) is 82.2 Å². The molecular weight excluding hydrogens is 360 g/mol. The zero-order chi connectivity index (χ0) is 20.0.